The van der Waals surface area contributed by atoms with Crippen LogP contribution in [-0.4, -0.2) is 20.6 Å². The molecule has 0 aliphatic rings. The second kappa shape index (κ2) is 4.99. The van der Waals surface area contributed by atoms with Gasteiger partial charge in [-0.1, -0.05) is 13.8 Å². The molecule has 1 atom stereocenters. The maximum Gasteiger partial charge on any atom is 0.327 e. The molecule has 0 aliphatic heterocycles. The van der Waals surface area contributed by atoms with Crippen LogP contribution < -0.4 is 5.56 Å². The summed E-state index contributed by atoms with van der Waals surface area (Å²) in [5.74, 6) is -1.55. The van der Waals surface area contributed by atoms with Gasteiger partial charge in [0.25, 0.3) is 11.2 Å². The van der Waals surface area contributed by atoms with Crippen molar-refractivity contribution in [2.24, 2.45) is 5.92 Å². The summed E-state index contributed by atoms with van der Waals surface area (Å²) in [5.41, 5.74) is -0.602. The molecule has 7 nitrogen and oxygen atoms in total. The van der Waals surface area contributed by atoms with Gasteiger partial charge in [0.1, 0.15) is 6.04 Å². The molecule has 0 bridgehead atoms. The summed E-state index contributed by atoms with van der Waals surface area (Å²) in [4.78, 5) is 33.0. The molecular formula is C11H14N2O5. The molecule has 0 amide bonds. The van der Waals surface area contributed by atoms with E-state index in [2.05, 4.69) is 0 Å². The predicted molar refractivity (Wildman–Crippen MR) is 63.6 cm³/mol. The Bertz CT molecular complexity index is 547. The lowest BCUT2D eigenvalue weighted by Gasteiger charge is -2.19. The van der Waals surface area contributed by atoms with Crippen molar-refractivity contribution < 1.29 is 14.8 Å². The van der Waals surface area contributed by atoms with Gasteiger partial charge in [0.2, 0.25) is 0 Å². The summed E-state index contributed by atoms with van der Waals surface area (Å²) >= 11 is 0. The summed E-state index contributed by atoms with van der Waals surface area (Å²) in [5, 5.41) is 19.9. The van der Waals surface area contributed by atoms with E-state index in [1.807, 2.05) is 0 Å². The van der Waals surface area contributed by atoms with Crippen molar-refractivity contribution in [2.45, 2.75) is 26.8 Å². The van der Waals surface area contributed by atoms with Gasteiger partial charge in [-0.05, 0) is 12.8 Å². The summed E-state index contributed by atoms with van der Waals surface area (Å²) in [6, 6.07) is -0.0343. The zero-order valence-corrected chi connectivity index (χ0v) is 10.3. The van der Waals surface area contributed by atoms with Gasteiger partial charge in [-0.15, -0.1) is 0 Å². The molecule has 7 heteroatoms. The van der Waals surface area contributed by atoms with Crippen molar-refractivity contribution in [1.29, 1.82) is 0 Å². The van der Waals surface area contributed by atoms with E-state index >= 15 is 0 Å². The van der Waals surface area contributed by atoms with Gasteiger partial charge in [0.15, 0.2) is 0 Å². The first-order valence-electron chi connectivity index (χ1n) is 5.35. The molecule has 1 unspecified atom stereocenters. The second-order valence-corrected chi connectivity index (χ2v) is 4.37. The molecule has 0 saturated heterocycles. The van der Waals surface area contributed by atoms with Gasteiger partial charge in [-0.25, -0.2) is 4.79 Å². The van der Waals surface area contributed by atoms with E-state index in [9.17, 15) is 19.7 Å². The summed E-state index contributed by atoms with van der Waals surface area (Å²) in [6.45, 7) is 4.71. The highest BCUT2D eigenvalue weighted by Gasteiger charge is 2.26. The van der Waals surface area contributed by atoms with Gasteiger partial charge in [0.05, 0.1) is 11.1 Å². The number of aromatic nitrogens is 1. The number of hydrogen-bond acceptors (Lipinski definition) is 4. The molecule has 18 heavy (non-hydrogen) atoms. The second-order valence-electron chi connectivity index (χ2n) is 4.37. The van der Waals surface area contributed by atoms with Crippen LogP contribution in [0.2, 0.25) is 0 Å². The number of aliphatic carboxylic acids is 1. The molecule has 1 heterocycles. The Balaban J connectivity index is 3.49. The van der Waals surface area contributed by atoms with Crippen LogP contribution in [-0.2, 0) is 4.79 Å². The maximum atomic E-state index is 11.7. The Morgan fingerprint density at radius 1 is 1.50 bits per heavy atom. The third-order valence-electron chi connectivity index (χ3n) is 2.64. The number of carboxylic acids is 1. The lowest BCUT2D eigenvalue weighted by molar-refractivity contribution is -0.386. The summed E-state index contributed by atoms with van der Waals surface area (Å²) in [6.07, 6.45) is 0.996. The first kappa shape index (κ1) is 13.9. The fourth-order valence-corrected chi connectivity index (χ4v) is 1.76. The largest absolute Gasteiger partial charge is 0.480 e. The van der Waals surface area contributed by atoms with Gasteiger partial charge in [0, 0.05) is 11.6 Å². The van der Waals surface area contributed by atoms with Crippen molar-refractivity contribution in [3.8, 4) is 0 Å². The van der Waals surface area contributed by atoms with Crippen molar-refractivity contribution in [2.75, 3.05) is 0 Å². The molecule has 98 valence electrons. The fraction of sp³-hybridized carbons (Fsp3) is 0.455. The van der Waals surface area contributed by atoms with E-state index < -0.39 is 22.5 Å². The Labute approximate surface area is 103 Å². The molecule has 1 aromatic rings. The quantitative estimate of drug-likeness (QED) is 0.645. The van der Waals surface area contributed by atoms with Crippen molar-refractivity contribution in [3.63, 3.8) is 0 Å². The standard InChI is InChI=1S/C11H14N2O5/c1-6(2)10(11(15)16)12-5-8(13(17)18)7(3)4-9(12)14/h4-6,10H,1-3H3,(H,15,16). The van der Waals surface area contributed by atoms with E-state index in [0.717, 1.165) is 16.8 Å². The van der Waals surface area contributed by atoms with Crippen molar-refractivity contribution >= 4 is 11.7 Å². The zero-order chi connectivity index (χ0) is 14.0. The van der Waals surface area contributed by atoms with Crippen LogP contribution in [0.4, 0.5) is 5.69 Å². The third kappa shape index (κ3) is 2.55. The van der Waals surface area contributed by atoms with Crippen LogP contribution in [0.25, 0.3) is 0 Å². The Morgan fingerprint density at radius 3 is 2.44 bits per heavy atom. The van der Waals surface area contributed by atoms with Gasteiger partial charge in [-0.3, -0.25) is 19.5 Å². The van der Waals surface area contributed by atoms with Gasteiger partial charge < -0.3 is 5.11 Å². The lowest BCUT2D eigenvalue weighted by atomic mass is 10.0. The number of carboxylic acid groups (broad SMARTS) is 1. The Hall–Kier alpha value is -2.18. The van der Waals surface area contributed by atoms with E-state index in [4.69, 9.17) is 5.11 Å². The highest BCUT2D eigenvalue weighted by atomic mass is 16.6. The zero-order valence-electron chi connectivity index (χ0n) is 10.3. The van der Waals surface area contributed by atoms with Crippen LogP contribution >= 0.6 is 0 Å². The average molecular weight is 254 g/mol. The minimum absolute atomic E-state index is 0.217. The predicted octanol–water partition coefficient (Wildman–Crippen LogP) is 1.35. The molecule has 1 N–H and O–H groups in total. The van der Waals surface area contributed by atoms with Gasteiger partial charge >= 0.3 is 5.97 Å². The number of pyridine rings is 1. The summed E-state index contributed by atoms with van der Waals surface area (Å²) in [7, 11) is 0. The smallest absolute Gasteiger partial charge is 0.327 e. The normalized spacial score (nSPS) is 12.4. The summed E-state index contributed by atoms with van der Waals surface area (Å²) < 4.78 is 0.901. The van der Waals surface area contributed by atoms with Crippen LogP contribution in [0.3, 0.4) is 0 Å². The first-order chi connectivity index (χ1) is 8.25. The van der Waals surface area contributed by atoms with E-state index in [1.54, 1.807) is 13.8 Å². The number of nitrogens with zero attached hydrogens (tertiary/aromatic N) is 2. The molecule has 0 fully saturated rings. The van der Waals surface area contributed by atoms with Crippen molar-refractivity contribution in [1.82, 2.24) is 4.57 Å². The van der Waals surface area contributed by atoms with E-state index in [1.165, 1.54) is 6.92 Å². The lowest BCUT2D eigenvalue weighted by Crippen LogP contribution is -2.32. The number of nitro groups is 1. The molecular weight excluding hydrogens is 240 g/mol. The molecule has 1 aromatic heterocycles. The van der Waals surface area contributed by atoms with Crippen LogP contribution in [0.15, 0.2) is 17.1 Å². The van der Waals surface area contributed by atoms with Crippen molar-refractivity contribution in [3.05, 3.63) is 38.3 Å². The van der Waals surface area contributed by atoms with Crippen LogP contribution in [0.5, 0.6) is 0 Å². The van der Waals surface area contributed by atoms with Gasteiger partial charge in [-0.2, -0.15) is 0 Å². The monoisotopic (exact) mass is 254 g/mol. The first-order valence-corrected chi connectivity index (χ1v) is 5.35. The molecule has 0 saturated carbocycles. The molecule has 0 radical (unpaired) electrons. The van der Waals surface area contributed by atoms with Crippen LogP contribution in [0, 0.1) is 23.0 Å². The highest BCUT2D eigenvalue weighted by molar-refractivity contribution is 5.72. The fourth-order valence-electron chi connectivity index (χ4n) is 1.76. The number of hydrogen-bond donors (Lipinski definition) is 1. The Morgan fingerprint density at radius 2 is 2.06 bits per heavy atom. The SMILES string of the molecule is Cc1cc(=O)n(C(C(=O)O)C(C)C)cc1[N+](=O)[O-]. The maximum absolute atomic E-state index is 11.7. The average Bonchev–Trinajstić information content (AvgIpc) is 2.19. The molecule has 0 spiro atoms. The highest BCUT2D eigenvalue weighted by Crippen LogP contribution is 2.21. The number of aryl methyl sites for hydroxylation is 1. The van der Waals surface area contributed by atoms with E-state index in [-0.39, 0.29) is 17.2 Å². The Kier molecular flexibility index (Phi) is 3.85. The van der Waals surface area contributed by atoms with E-state index in [0.29, 0.717) is 0 Å². The minimum Gasteiger partial charge on any atom is -0.480 e. The number of rotatable bonds is 4. The van der Waals surface area contributed by atoms with Crippen LogP contribution in [0.1, 0.15) is 25.5 Å². The molecule has 1 rings (SSSR count). The third-order valence-corrected chi connectivity index (χ3v) is 2.64. The number of carbonyl (C=O) groups is 1. The molecule has 0 aromatic carbocycles. The minimum atomic E-state index is -1.19. The topological polar surface area (TPSA) is 102 Å². The molecule has 0 aliphatic carbocycles.